The standard InChI is InChI=1S/C14H25N3O4/c1-5-8-17(11(2)18)14(12(19)20)6-9-16(10-7-14)13(21)15(3)4/h5-10H2,1-4H3,(H,19,20). The molecule has 7 nitrogen and oxygen atoms in total. The van der Waals surface area contributed by atoms with Gasteiger partial charge >= 0.3 is 12.0 Å². The fraction of sp³-hybridized carbons (Fsp3) is 0.786. The Morgan fingerprint density at radius 2 is 1.71 bits per heavy atom. The van der Waals surface area contributed by atoms with Gasteiger partial charge < -0.3 is 19.8 Å². The minimum absolute atomic E-state index is 0.126. The summed E-state index contributed by atoms with van der Waals surface area (Å²) in [7, 11) is 3.33. The van der Waals surface area contributed by atoms with Crippen molar-refractivity contribution in [2.45, 2.75) is 38.6 Å². The van der Waals surface area contributed by atoms with Crippen molar-refractivity contribution in [3.05, 3.63) is 0 Å². The third-order valence-electron chi connectivity index (χ3n) is 3.99. The zero-order valence-corrected chi connectivity index (χ0v) is 13.3. The van der Waals surface area contributed by atoms with Gasteiger partial charge in [-0.05, 0) is 19.3 Å². The van der Waals surface area contributed by atoms with Gasteiger partial charge in [-0.2, -0.15) is 0 Å². The lowest BCUT2D eigenvalue weighted by molar-refractivity contribution is -0.162. The maximum absolute atomic E-state index is 11.9. The van der Waals surface area contributed by atoms with Crippen LogP contribution >= 0.6 is 0 Å². The first-order valence-corrected chi connectivity index (χ1v) is 7.24. The number of carboxylic acid groups (broad SMARTS) is 1. The Labute approximate surface area is 125 Å². The maximum Gasteiger partial charge on any atom is 0.329 e. The molecule has 0 saturated carbocycles. The first kappa shape index (κ1) is 17.3. The van der Waals surface area contributed by atoms with Crippen LogP contribution in [-0.4, -0.2) is 77.0 Å². The van der Waals surface area contributed by atoms with Crippen molar-refractivity contribution >= 4 is 17.9 Å². The summed E-state index contributed by atoms with van der Waals surface area (Å²) < 4.78 is 0. The fourth-order valence-electron chi connectivity index (χ4n) is 2.85. The van der Waals surface area contributed by atoms with Gasteiger partial charge in [0.25, 0.3) is 0 Å². The van der Waals surface area contributed by atoms with Gasteiger partial charge in [-0.15, -0.1) is 0 Å². The third-order valence-corrected chi connectivity index (χ3v) is 3.99. The van der Waals surface area contributed by atoms with Crippen LogP contribution in [0.2, 0.25) is 0 Å². The summed E-state index contributed by atoms with van der Waals surface area (Å²) in [5.41, 5.74) is -1.19. The molecule has 0 aromatic rings. The topological polar surface area (TPSA) is 81.2 Å². The molecule has 1 fully saturated rings. The average molecular weight is 299 g/mol. The van der Waals surface area contributed by atoms with Crippen LogP contribution < -0.4 is 0 Å². The summed E-state index contributed by atoms with van der Waals surface area (Å²) in [5.74, 6) is -1.21. The van der Waals surface area contributed by atoms with E-state index in [1.54, 1.807) is 19.0 Å². The van der Waals surface area contributed by atoms with Crippen molar-refractivity contribution < 1.29 is 19.5 Å². The quantitative estimate of drug-likeness (QED) is 0.834. The Balaban J connectivity index is 2.93. The van der Waals surface area contributed by atoms with Crippen molar-refractivity contribution in [2.75, 3.05) is 33.7 Å². The van der Waals surface area contributed by atoms with Crippen LogP contribution in [0.25, 0.3) is 0 Å². The molecule has 1 rings (SSSR count). The molecule has 1 aliphatic rings. The Kier molecular flexibility index (Phi) is 5.57. The maximum atomic E-state index is 11.9. The highest BCUT2D eigenvalue weighted by atomic mass is 16.4. The van der Waals surface area contributed by atoms with Gasteiger partial charge in [0.2, 0.25) is 5.91 Å². The SMILES string of the molecule is CCCN(C(C)=O)C1(C(=O)O)CCN(C(=O)N(C)C)CC1. The number of amides is 3. The van der Waals surface area contributed by atoms with Crippen molar-refractivity contribution in [1.29, 1.82) is 0 Å². The van der Waals surface area contributed by atoms with Crippen molar-refractivity contribution in [1.82, 2.24) is 14.7 Å². The molecule has 0 bridgehead atoms. The number of carbonyl (C=O) groups excluding carboxylic acids is 2. The van der Waals surface area contributed by atoms with Crippen LogP contribution in [0, 0.1) is 0 Å². The molecule has 1 N–H and O–H groups in total. The molecule has 1 saturated heterocycles. The number of carboxylic acids is 1. The highest BCUT2D eigenvalue weighted by Gasteiger charge is 2.48. The number of urea groups is 1. The number of piperidine rings is 1. The third kappa shape index (κ3) is 3.46. The minimum Gasteiger partial charge on any atom is -0.479 e. The number of carbonyl (C=O) groups is 3. The van der Waals surface area contributed by atoms with Gasteiger partial charge in [-0.25, -0.2) is 9.59 Å². The Hall–Kier alpha value is -1.79. The normalized spacial score (nSPS) is 17.2. The summed E-state index contributed by atoms with van der Waals surface area (Å²) in [6.07, 6.45) is 1.23. The predicted molar refractivity (Wildman–Crippen MR) is 77.9 cm³/mol. The number of hydrogen-bond acceptors (Lipinski definition) is 3. The van der Waals surface area contributed by atoms with Gasteiger partial charge in [0, 0.05) is 40.7 Å². The number of hydrogen-bond donors (Lipinski definition) is 1. The summed E-state index contributed by atoms with van der Waals surface area (Å²) in [5, 5.41) is 9.66. The van der Waals surface area contributed by atoms with E-state index in [1.165, 1.54) is 16.7 Å². The molecule has 0 aromatic carbocycles. The molecule has 0 unspecified atom stereocenters. The van der Waals surface area contributed by atoms with E-state index in [4.69, 9.17) is 0 Å². The van der Waals surface area contributed by atoms with Crippen LogP contribution in [-0.2, 0) is 9.59 Å². The lowest BCUT2D eigenvalue weighted by Crippen LogP contribution is -2.62. The summed E-state index contributed by atoms with van der Waals surface area (Å²) in [4.78, 5) is 40.1. The van der Waals surface area contributed by atoms with E-state index >= 15 is 0 Å². The smallest absolute Gasteiger partial charge is 0.329 e. The lowest BCUT2D eigenvalue weighted by atomic mass is 9.85. The summed E-state index contributed by atoms with van der Waals surface area (Å²) >= 11 is 0. The second-order valence-corrected chi connectivity index (χ2v) is 5.67. The second kappa shape index (κ2) is 6.78. The van der Waals surface area contributed by atoms with E-state index in [-0.39, 0.29) is 24.8 Å². The van der Waals surface area contributed by atoms with Gasteiger partial charge in [-0.3, -0.25) is 4.79 Å². The molecule has 0 atom stereocenters. The van der Waals surface area contributed by atoms with E-state index in [0.717, 1.165) is 0 Å². The van der Waals surface area contributed by atoms with Crippen LogP contribution in [0.4, 0.5) is 4.79 Å². The van der Waals surface area contributed by atoms with E-state index < -0.39 is 11.5 Å². The molecule has 120 valence electrons. The highest BCUT2D eigenvalue weighted by Crippen LogP contribution is 2.30. The number of rotatable bonds is 4. The molecule has 0 aliphatic carbocycles. The largest absolute Gasteiger partial charge is 0.479 e. The molecular formula is C14H25N3O4. The predicted octanol–water partition coefficient (Wildman–Crippen LogP) is 0.846. The van der Waals surface area contributed by atoms with Crippen molar-refractivity contribution in [3.8, 4) is 0 Å². The van der Waals surface area contributed by atoms with Gasteiger partial charge in [0.15, 0.2) is 0 Å². The molecule has 3 amide bonds. The minimum atomic E-state index is -1.19. The number of aliphatic carboxylic acids is 1. The molecule has 0 aromatic heterocycles. The monoisotopic (exact) mass is 299 g/mol. The Morgan fingerprint density at radius 3 is 2.05 bits per heavy atom. The molecule has 0 radical (unpaired) electrons. The zero-order valence-electron chi connectivity index (χ0n) is 13.3. The number of likely N-dealkylation sites (tertiary alicyclic amines) is 1. The molecule has 1 aliphatic heterocycles. The van der Waals surface area contributed by atoms with E-state index in [9.17, 15) is 19.5 Å². The van der Waals surface area contributed by atoms with E-state index in [0.29, 0.717) is 26.1 Å². The van der Waals surface area contributed by atoms with Gasteiger partial charge in [0.1, 0.15) is 5.54 Å². The lowest BCUT2D eigenvalue weighted by Gasteiger charge is -2.45. The van der Waals surface area contributed by atoms with Crippen molar-refractivity contribution in [2.24, 2.45) is 0 Å². The molecule has 1 heterocycles. The summed E-state index contributed by atoms with van der Waals surface area (Å²) in [6, 6.07) is -0.126. The van der Waals surface area contributed by atoms with E-state index in [2.05, 4.69) is 0 Å². The van der Waals surface area contributed by atoms with E-state index in [1.807, 2.05) is 6.92 Å². The molecule has 0 spiro atoms. The van der Waals surface area contributed by atoms with Crippen LogP contribution in [0.15, 0.2) is 0 Å². The second-order valence-electron chi connectivity index (χ2n) is 5.67. The Morgan fingerprint density at radius 1 is 1.19 bits per heavy atom. The number of nitrogens with zero attached hydrogens (tertiary/aromatic N) is 3. The van der Waals surface area contributed by atoms with Crippen LogP contribution in [0.5, 0.6) is 0 Å². The van der Waals surface area contributed by atoms with Crippen LogP contribution in [0.1, 0.15) is 33.1 Å². The first-order chi connectivity index (χ1) is 9.76. The average Bonchev–Trinajstić information content (AvgIpc) is 2.43. The summed E-state index contributed by atoms with van der Waals surface area (Å²) in [6.45, 7) is 4.42. The zero-order chi connectivity index (χ0) is 16.2. The van der Waals surface area contributed by atoms with Crippen molar-refractivity contribution in [3.63, 3.8) is 0 Å². The fourth-order valence-corrected chi connectivity index (χ4v) is 2.85. The molecule has 21 heavy (non-hydrogen) atoms. The highest BCUT2D eigenvalue weighted by molar-refractivity contribution is 5.86. The Bertz CT molecular complexity index is 414. The van der Waals surface area contributed by atoms with Crippen LogP contribution in [0.3, 0.4) is 0 Å². The molecule has 7 heteroatoms. The first-order valence-electron chi connectivity index (χ1n) is 7.24. The molecular weight excluding hydrogens is 274 g/mol. The van der Waals surface area contributed by atoms with Gasteiger partial charge in [-0.1, -0.05) is 6.92 Å². The van der Waals surface area contributed by atoms with Gasteiger partial charge in [0.05, 0.1) is 0 Å².